The Balaban J connectivity index is 1.89. The molecule has 6 nitrogen and oxygen atoms in total. The van der Waals surface area contributed by atoms with E-state index in [2.05, 4.69) is 9.97 Å². The third-order valence-corrected chi connectivity index (χ3v) is 3.61. The van der Waals surface area contributed by atoms with Crippen LogP contribution in [0, 0.1) is 11.3 Å². The Bertz CT molecular complexity index is 1010. The predicted octanol–water partition coefficient (Wildman–Crippen LogP) is 3.04. The Morgan fingerprint density at radius 3 is 2.83 bits per heavy atom. The molecule has 0 fully saturated rings. The molecule has 1 N–H and O–H groups in total. The molecule has 2 aromatic carbocycles. The average molecular weight is 342 g/mol. The van der Waals surface area contributed by atoms with E-state index in [1.54, 1.807) is 36.4 Å². The summed E-state index contributed by atoms with van der Waals surface area (Å²) in [5.41, 5.74) is 0.699. The molecule has 0 amide bonds. The van der Waals surface area contributed by atoms with E-state index >= 15 is 0 Å². The molecule has 1 aromatic heterocycles. The molecule has 3 rings (SSSR count). The zero-order valence-electron chi connectivity index (χ0n) is 12.7. The normalized spacial score (nSPS) is 10.4. The number of fused-ring (bicyclic) bond motifs is 1. The van der Waals surface area contributed by atoms with Gasteiger partial charge < -0.3 is 14.5 Å². The molecule has 0 aliphatic rings. The molecule has 0 atom stereocenters. The van der Waals surface area contributed by atoms with Crippen LogP contribution in [0.2, 0.25) is 5.02 Å². The smallest absolute Gasteiger partial charge is 0.258 e. The maximum Gasteiger partial charge on any atom is 0.258 e. The Morgan fingerprint density at radius 2 is 2.08 bits per heavy atom. The quantitative estimate of drug-likeness (QED) is 0.788. The third kappa shape index (κ3) is 3.16. The van der Waals surface area contributed by atoms with Crippen molar-refractivity contribution in [3.63, 3.8) is 0 Å². The van der Waals surface area contributed by atoms with Crippen LogP contribution in [-0.4, -0.2) is 17.1 Å². The van der Waals surface area contributed by atoms with Crippen LogP contribution in [0.1, 0.15) is 11.4 Å². The van der Waals surface area contributed by atoms with Gasteiger partial charge >= 0.3 is 0 Å². The fraction of sp³-hybridized carbons (Fsp3) is 0.118. The van der Waals surface area contributed by atoms with Gasteiger partial charge in [-0.25, -0.2) is 4.98 Å². The first-order valence-corrected chi connectivity index (χ1v) is 7.38. The summed E-state index contributed by atoms with van der Waals surface area (Å²) in [6, 6.07) is 11.7. The number of benzene rings is 2. The van der Waals surface area contributed by atoms with Gasteiger partial charge in [0.05, 0.1) is 29.6 Å². The first-order valence-electron chi connectivity index (χ1n) is 7.00. The molecular weight excluding hydrogens is 330 g/mol. The Hall–Kier alpha value is -3.04. The van der Waals surface area contributed by atoms with Gasteiger partial charge in [-0.1, -0.05) is 11.6 Å². The summed E-state index contributed by atoms with van der Waals surface area (Å²) in [7, 11) is 1.49. The van der Waals surface area contributed by atoms with Gasteiger partial charge in [-0.15, -0.1) is 0 Å². The lowest BCUT2D eigenvalue weighted by molar-refractivity contribution is 0.276. The van der Waals surface area contributed by atoms with E-state index in [9.17, 15) is 4.79 Å². The van der Waals surface area contributed by atoms with Crippen molar-refractivity contribution in [2.24, 2.45) is 0 Å². The molecule has 0 radical (unpaired) electrons. The summed E-state index contributed by atoms with van der Waals surface area (Å²) in [5, 5.41) is 9.86. The monoisotopic (exact) mass is 341 g/mol. The molecule has 0 bridgehead atoms. The highest BCUT2D eigenvalue weighted by atomic mass is 35.5. The lowest BCUT2D eigenvalue weighted by atomic mass is 10.2. The van der Waals surface area contributed by atoms with E-state index < -0.39 is 0 Å². The van der Waals surface area contributed by atoms with E-state index in [1.165, 1.54) is 7.11 Å². The molecule has 3 aromatic rings. The minimum absolute atomic E-state index is 0.0416. The first kappa shape index (κ1) is 15.8. The van der Waals surface area contributed by atoms with Crippen LogP contribution in [0.25, 0.3) is 10.9 Å². The zero-order valence-corrected chi connectivity index (χ0v) is 13.4. The number of methoxy groups -OCH3 is 1. The molecular formula is C17H12ClN3O3. The summed E-state index contributed by atoms with van der Waals surface area (Å²) in [6.07, 6.45) is 0. The largest absolute Gasteiger partial charge is 0.493 e. The molecule has 120 valence electrons. The van der Waals surface area contributed by atoms with E-state index in [0.717, 1.165) is 0 Å². The van der Waals surface area contributed by atoms with Gasteiger partial charge in [0, 0.05) is 11.1 Å². The summed E-state index contributed by atoms with van der Waals surface area (Å²) < 4.78 is 10.8. The SMILES string of the molecule is COc1cc(C#N)ccc1OCc1nc2cc(Cl)ccc2c(=O)[nH]1. The molecule has 1 heterocycles. The Kier molecular flexibility index (Phi) is 4.36. The van der Waals surface area contributed by atoms with Crippen LogP contribution in [0.3, 0.4) is 0 Å². The van der Waals surface area contributed by atoms with E-state index in [-0.39, 0.29) is 12.2 Å². The van der Waals surface area contributed by atoms with Gasteiger partial charge in [0.1, 0.15) is 12.4 Å². The highest BCUT2D eigenvalue weighted by molar-refractivity contribution is 6.31. The Morgan fingerprint density at radius 1 is 1.25 bits per heavy atom. The van der Waals surface area contributed by atoms with Crippen LogP contribution in [0.4, 0.5) is 0 Å². The van der Waals surface area contributed by atoms with Crippen molar-refractivity contribution in [2.75, 3.05) is 7.11 Å². The fourth-order valence-corrected chi connectivity index (χ4v) is 2.40. The van der Waals surface area contributed by atoms with Crippen LogP contribution in [0.5, 0.6) is 11.5 Å². The second kappa shape index (κ2) is 6.60. The van der Waals surface area contributed by atoms with Crippen molar-refractivity contribution in [1.29, 1.82) is 5.26 Å². The molecule has 0 unspecified atom stereocenters. The lowest BCUT2D eigenvalue weighted by Crippen LogP contribution is -2.13. The number of halogens is 1. The van der Waals surface area contributed by atoms with E-state index in [0.29, 0.717) is 38.8 Å². The lowest BCUT2D eigenvalue weighted by Gasteiger charge is -2.10. The number of hydrogen-bond donors (Lipinski definition) is 1. The van der Waals surface area contributed by atoms with Crippen LogP contribution in [-0.2, 0) is 6.61 Å². The fourth-order valence-electron chi connectivity index (χ4n) is 2.23. The van der Waals surface area contributed by atoms with Crippen molar-refractivity contribution in [2.45, 2.75) is 6.61 Å². The summed E-state index contributed by atoms with van der Waals surface area (Å²) >= 11 is 5.94. The summed E-state index contributed by atoms with van der Waals surface area (Å²) in [5.74, 6) is 1.24. The number of aromatic nitrogens is 2. The van der Waals surface area contributed by atoms with Crippen molar-refractivity contribution >= 4 is 22.5 Å². The van der Waals surface area contributed by atoms with Crippen molar-refractivity contribution in [3.8, 4) is 17.6 Å². The summed E-state index contributed by atoms with van der Waals surface area (Å²) in [4.78, 5) is 19.1. The summed E-state index contributed by atoms with van der Waals surface area (Å²) in [6.45, 7) is 0.0416. The molecule has 0 aliphatic heterocycles. The topological polar surface area (TPSA) is 88.0 Å². The molecule has 0 spiro atoms. The number of nitrogens with one attached hydrogen (secondary N) is 1. The van der Waals surface area contributed by atoms with Gasteiger partial charge in [-0.05, 0) is 30.3 Å². The maximum atomic E-state index is 12.1. The molecule has 0 aliphatic carbocycles. The minimum Gasteiger partial charge on any atom is -0.493 e. The second-order valence-electron chi connectivity index (χ2n) is 4.94. The minimum atomic E-state index is -0.262. The van der Waals surface area contributed by atoms with Crippen molar-refractivity contribution in [3.05, 3.63) is 63.2 Å². The standard InChI is InChI=1S/C17H12ClN3O3/c1-23-15-6-10(8-19)2-5-14(15)24-9-16-20-13-7-11(18)3-4-12(13)17(22)21-16/h2-7H,9H2,1H3,(H,20,21,22). The molecule has 7 heteroatoms. The van der Waals surface area contributed by atoms with Gasteiger partial charge in [-0.3, -0.25) is 4.79 Å². The molecule has 24 heavy (non-hydrogen) atoms. The average Bonchev–Trinajstić information content (AvgIpc) is 2.59. The molecule has 0 saturated heterocycles. The number of rotatable bonds is 4. The van der Waals surface area contributed by atoms with Crippen LogP contribution in [0.15, 0.2) is 41.2 Å². The Labute approximate surface area is 142 Å². The van der Waals surface area contributed by atoms with Crippen molar-refractivity contribution < 1.29 is 9.47 Å². The van der Waals surface area contributed by atoms with Crippen LogP contribution < -0.4 is 15.0 Å². The van der Waals surface area contributed by atoms with E-state index in [1.807, 2.05) is 6.07 Å². The number of ether oxygens (including phenoxy) is 2. The van der Waals surface area contributed by atoms with Gasteiger partial charge in [0.15, 0.2) is 11.5 Å². The van der Waals surface area contributed by atoms with E-state index in [4.69, 9.17) is 26.3 Å². The highest BCUT2D eigenvalue weighted by Crippen LogP contribution is 2.28. The van der Waals surface area contributed by atoms with Gasteiger partial charge in [-0.2, -0.15) is 5.26 Å². The van der Waals surface area contributed by atoms with Crippen molar-refractivity contribution in [1.82, 2.24) is 9.97 Å². The first-order chi connectivity index (χ1) is 11.6. The number of nitrogens with zero attached hydrogens (tertiary/aromatic N) is 2. The zero-order chi connectivity index (χ0) is 17.1. The maximum absolute atomic E-state index is 12.1. The third-order valence-electron chi connectivity index (χ3n) is 3.37. The van der Waals surface area contributed by atoms with Crippen LogP contribution >= 0.6 is 11.6 Å². The second-order valence-corrected chi connectivity index (χ2v) is 5.38. The number of nitriles is 1. The number of hydrogen-bond acceptors (Lipinski definition) is 5. The highest BCUT2D eigenvalue weighted by Gasteiger charge is 2.09. The van der Waals surface area contributed by atoms with Gasteiger partial charge in [0.2, 0.25) is 0 Å². The molecule has 0 saturated carbocycles. The number of H-pyrrole nitrogens is 1. The number of aromatic amines is 1. The van der Waals surface area contributed by atoms with Gasteiger partial charge in [0.25, 0.3) is 5.56 Å². The predicted molar refractivity (Wildman–Crippen MR) is 89.4 cm³/mol.